The Morgan fingerprint density at radius 1 is 1.19 bits per heavy atom. The molecule has 0 aromatic heterocycles. The largest absolute Gasteiger partial charge is 0.495 e. The number of sulfonamides is 1. The molecule has 0 aliphatic carbocycles. The van der Waals surface area contributed by atoms with Gasteiger partial charge >= 0.3 is 0 Å². The lowest BCUT2D eigenvalue weighted by Gasteiger charge is -2.29. The number of carbonyl (C=O) groups is 1. The van der Waals surface area contributed by atoms with E-state index in [4.69, 9.17) is 16.3 Å². The van der Waals surface area contributed by atoms with Gasteiger partial charge in [-0.2, -0.15) is 0 Å². The summed E-state index contributed by atoms with van der Waals surface area (Å²) in [5.74, 6) is 0.308. The lowest BCUT2D eigenvalue weighted by molar-refractivity contribution is 0.102. The summed E-state index contributed by atoms with van der Waals surface area (Å²) in [6, 6.07) is 10.0. The van der Waals surface area contributed by atoms with Crippen LogP contribution in [0.5, 0.6) is 5.75 Å². The SMILES string of the molecule is COc1ccc(NC(=O)c2ccc(C)c(N3CCCCS3(=O)=O)c2)cc1Cl. The number of benzene rings is 2. The van der Waals surface area contributed by atoms with E-state index in [2.05, 4.69) is 5.32 Å². The van der Waals surface area contributed by atoms with Gasteiger partial charge in [-0.25, -0.2) is 8.42 Å². The van der Waals surface area contributed by atoms with Crippen molar-refractivity contribution in [2.75, 3.05) is 29.0 Å². The number of anilines is 2. The molecule has 6 nitrogen and oxygen atoms in total. The zero-order chi connectivity index (χ0) is 19.6. The molecular formula is C19H21ClN2O4S. The number of hydrogen-bond acceptors (Lipinski definition) is 4. The molecule has 1 fully saturated rings. The summed E-state index contributed by atoms with van der Waals surface area (Å²) < 4.78 is 31.3. The van der Waals surface area contributed by atoms with E-state index >= 15 is 0 Å². The lowest BCUT2D eigenvalue weighted by Crippen LogP contribution is -2.38. The smallest absolute Gasteiger partial charge is 0.255 e. The Labute approximate surface area is 164 Å². The molecule has 0 radical (unpaired) electrons. The fourth-order valence-electron chi connectivity index (χ4n) is 3.03. The van der Waals surface area contributed by atoms with Gasteiger partial charge < -0.3 is 10.1 Å². The van der Waals surface area contributed by atoms with Gasteiger partial charge in [-0.15, -0.1) is 0 Å². The summed E-state index contributed by atoms with van der Waals surface area (Å²) in [6.45, 7) is 2.27. The number of aryl methyl sites for hydroxylation is 1. The molecule has 0 saturated carbocycles. The molecule has 1 amide bonds. The van der Waals surface area contributed by atoms with Crippen molar-refractivity contribution in [1.82, 2.24) is 0 Å². The Bertz CT molecular complexity index is 976. The molecular weight excluding hydrogens is 388 g/mol. The van der Waals surface area contributed by atoms with Gasteiger partial charge in [0, 0.05) is 17.8 Å². The Balaban J connectivity index is 1.87. The van der Waals surface area contributed by atoms with Crippen molar-refractivity contribution in [3.05, 3.63) is 52.5 Å². The lowest BCUT2D eigenvalue weighted by atomic mass is 10.1. The van der Waals surface area contributed by atoms with Gasteiger partial charge in [0.25, 0.3) is 5.91 Å². The van der Waals surface area contributed by atoms with Crippen molar-refractivity contribution < 1.29 is 17.9 Å². The summed E-state index contributed by atoms with van der Waals surface area (Å²) in [5.41, 5.74) is 2.27. The number of hydrogen-bond donors (Lipinski definition) is 1. The zero-order valence-electron chi connectivity index (χ0n) is 15.2. The van der Waals surface area contributed by atoms with E-state index in [1.54, 1.807) is 36.4 Å². The fraction of sp³-hybridized carbons (Fsp3) is 0.316. The van der Waals surface area contributed by atoms with Crippen molar-refractivity contribution in [1.29, 1.82) is 0 Å². The molecule has 0 atom stereocenters. The Morgan fingerprint density at radius 3 is 2.63 bits per heavy atom. The first kappa shape index (κ1) is 19.5. The summed E-state index contributed by atoms with van der Waals surface area (Å²) >= 11 is 6.09. The van der Waals surface area contributed by atoms with Gasteiger partial charge in [0.05, 0.1) is 23.6 Å². The number of halogens is 1. The molecule has 0 bridgehead atoms. The van der Waals surface area contributed by atoms with E-state index in [0.717, 1.165) is 12.0 Å². The Morgan fingerprint density at radius 2 is 1.96 bits per heavy atom. The van der Waals surface area contributed by atoms with Crippen LogP contribution in [0.4, 0.5) is 11.4 Å². The third-order valence-electron chi connectivity index (χ3n) is 4.50. The van der Waals surface area contributed by atoms with Crippen LogP contribution in [0, 0.1) is 6.92 Å². The van der Waals surface area contributed by atoms with Crippen LogP contribution in [0.25, 0.3) is 0 Å². The minimum Gasteiger partial charge on any atom is -0.495 e. The quantitative estimate of drug-likeness (QED) is 0.833. The summed E-state index contributed by atoms with van der Waals surface area (Å²) in [7, 11) is -1.83. The number of methoxy groups -OCH3 is 1. The molecule has 1 aliphatic heterocycles. The van der Waals surface area contributed by atoms with Crippen molar-refractivity contribution in [2.45, 2.75) is 19.8 Å². The molecule has 0 unspecified atom stereocenters. The van der Waals surface area contributed by atoms with E-state index < -0.39 is 10.0 Å². The maximum Gasteiger partial charge on any atom is 0.255 e. The zero-order valence-corrected chi connectivity index (χ0v) is 16.7. The predicted octanol–water partition coefficient (Wildman–Crippen LogP) is 3.84. The Kier molecular flexibility index (Phi) is 5.62. The first-order valence-corrected chi connectivity index (χ1v) is 10.6. The first-order valence-electron chi connectivity index (χ1n) is 8.58. The third kappa shape index (κ3) is 4.20. The summed E-state index contributed by atoms with van der Waals surface area (Å²) in [6.07, 6.45) is 1.47. The van der Waals surface area contributed by atoms with Crippen LogP contribution in [0.1, 0.15) is 28.8 Å². The van der Waals surface area contributed by atoms with Crippen LogP contribution in [-0.2, 0) is 10.0 Å². The second-order valence-electron chi connectivity index (χ2n) is 6.40. The number of amides is 1. The average Bonchev–Trinajstić information content (AvgIpc) is 2.62. The second kappa shape index (κ2) is 7.78. The van der Waals surface area contributed by atoms with Crippen molar-refractivity contribution >= 4 is 38.9 Å². The molecule has 144 valence electrons. The summed E-state index contributed by atoms with van der Waals surface area (Å²) in [5, 5.41) is 3.16. The van der Waals surface area contributed by atoms with Crippen molar-refractivity contribution in [2.24, 2.45) is 0 Å². The minimum absolute atomic E-state index is 0.132. The number of nitrogens with one attached hydrogen (secondary N) is 1. The monoisotopic (exact) mass is 408 g/mol. The van der Waals surface area contributed by atoms with Crippen LogP contribution in [0.3, 0.4) is 0 Å². The van der Waals surface area contributed by atoms with Gasteiger partial charge in [-0.3, -0.25) is 9.10 Å². The van der Waals surface area contributed by atoms with Crippen LogP contribution in [0.2, 0.25) is 5.02 Å². The molecule has 1 heterocycles. The molecule has 2 aromatic carbocycles. The molecule has 27 heavy (non-hydrogen) atoms. The highest BCUT2D eigenvalue weighted by molar-refractivity contribution is 7.92. The fourth-order valence-corrected chi connectivity index (χ4v) is 4.98. The van der Waals surface area contributed by atoms with Crippen molar-refractivity contribution in [3.63, 3.8) is 0 Å². The normalized spacial score (nSPS) is 16.0. The van der Waals surface area contributed by atoms with Crippen LogP contribution >= 0.6 is 11.6 Å². The van der Waals surface area contributed by atoms with Crippen LogP contribution in [0.15, 0.2) is 36.4 Å². The average molecular weight is 409 g/mol. The number of ether oxygens (including phenoxy) is 1. The highest BCUT2D eigenvalue weighted by Gasteiger charge is 2.27. The molecule has 0 spiro atoms. The standard InChI is InChI=1S/C19H21ClN2O4S/c1-13-5-6-14(11-17(13)22-9-3-4-10-27(22,24)25)19(23)21-15-7-8-18(26-2)16(20)12-15/h5-8,11-12H,3-4,9-10H2,1-2H3,(H,21,23). The van der Waals surface area contributed by atoms with E-state index in [1.165, 1.54) is 11.4 Å². The van der Waals surface area contributed by atoms with Gasteiger partial charge in [0.2, 0.25) is 10.0 Å². The van der Waals surface area contributed by atoms with Crippen LogP contribution in [-0.4, -0.2) is 33.7 Å². The molecule has 2 aromatic rings. The number of carbonyl (C=O) groups excluding carboxylic acids is 1. The molecule has 8 heteroatoms. The Hall–Kier alpha value is -2.25. The van der Waals surface area contributed by atoms with E-state index in [-0.39, 0.29) is 11.7 Å². The summed E-state index contributed by atoms with van der Waals surface area (Å²) in [4.78, 5) is 12.6. The molecule has 1 saturated heterocycles. The van der Waals surface area contributed by atoms with Gasteiger partial charge in [0.1, 0.15) is 5.75 Å². The van der Waals surface area contributed by atoms with E-state index in [0.29, 0.717) is 40.7 Å². The van der Waals surface area contributed by atoms with Crippen LogP contribution < -0.4 is 14.4 Å². The molecule has 1 N–H and O–H groups in total. The topological polar surface area (TPSA) is 75.7 Å². The number of nitrogens with zero attached hydrogens (tertiary/aromatic N) is 1. The van der Waals surface area contributed by atoms with Gasteiger partial charge in [0.15, 0.2) is 0 Å². The minimum atomic E-state index is -3.34. The molecule has 3 rings (SSSR count). The highest BCUT2D eigenvalue weighted by atomic mass is 35.5. The van der Waals surface area contributed by atoms with E-state index in [9.17, 15) is 13.2 Å². The third-order valence-corrected chi connectivity index (χ3v) is 6.65. The predicted molar refractivity (Wildman–Crippen MR) is 108 cm³/mol. The maximum absolute atomic E-state index is 12.6. The first-order chi connectivity index (χ1) is 12.8. The maximum atomic E-state index is 12.6. The van der Waals surface area contributed by atoms with Gasteiger partial charge in [-0.1, -0.05) is 17.7 Å². The van der Waals surface area contributed by atoms with Crippen molar-refractivity contribution in [3.8, 4) is 5.75 Å². The highest BCUT2D eigenvalue weighted by Crippen LogP contribution is 2.30. The second-order valence-corrected chi connectivity index (χ2v) is 8.82. The van der Waals surface area contributed by atoms with Gasteiger partial charge in [-0.05, 0) is 55.7 Å². The molecule has 1 aliphatic rings. The number of rotatable bonds is 4. The van der Waals surface area contributed by atoms with E-state index in [1.807, 2.05) is 6.92 Å².